The maximum atomic E-state index is 11.6. The summed E-state index contributed by atoms with van der Waals surface area (Å²) in [5, 5.41) is 2.81. The molecule has 5 heteroatoms. The highest BCUT2D eigenvalue weighted by Gasteiger charge is 2.09. The van der Waals surface area contributed by atoms with E-state index in [2.05, 4.69) is 28.7 Å². The number of carbonyl (C=O) groups excluding carboxylic acids is 1. The summed E-state index contributed by atoms with van der Waals surface area (Å²) in [6.45, 7) is 6.64. The fourth-order valence-corrected chi connectivity index (χ4v) is 2.16. The number of amides is 1. The van der Waals surface area contributed by atoms with E-state index in [1.54, 1.807) is 6.92 Å². The molecule has 0 aliphatic rings. The van der Waals surface area contributed by atoms with Crippen LogP contribution in [-0.4, -0.2) is 21.5 Å². The number of nitrogens with zero attached hydrogens (tertiary/aromatic N) is 2. The quantitative estimate of drug-likeness (QED) is 0.886. The molecule has 0 saturated carbocycles. The van der Waals surface area contributed by atoms with Crippen LogP contribution in [0, 0.1) is 0 Å². The number of nitrogens with one attached hydrogen (secondary N) is 1. The van der Waals surface area contributed by atoms with E-state index in [1.165, 1.54) is 0 Å². The van der Waals surface area contributed by atoms with Gasteiger partial charge >= 0.3 is 0 Å². The Hall–Kier alpha value is -2.14. The van der Waals surface area contributed by atoms with Gasteiger partial charge in [-0.1, -0.05) is 26.0 Å². The van der Waals surface area contributed by atoms with Crippen LogP contribution in [0.15, 0.2) is 36.7 Å². The molecule has 0 spiro atoms. The van der Waals surface area contributed by atoms with Crippen molar-refractivity contribution in [1.82, 2.24) is 9.55 Å². The zero-order chi connectivity index (χ0) is 15.4. The van der Waals surface area contributed by atoms with Crippen LogP contribution < -0.4 is 11.1 Å². The molecule has 5 nitrogen and oxygen atoms in total. The first-order valence-corrected chi connectivity index (χ1v) is 7.13. The predicted molar refractivity (Wildman–Crippen MR) is 84.1 cm³/mol. The first kappa shape index (κ1) is 15.3. The molecule has 0 fully saturated rings. The second-order valence-corrected chi connectivity index (χ2v) is 5.55. The summed E-state index contributed by atoms with van der Waals surface area (Å²) in [7, 11) is 0. The van der Waals surface area contributed by atoms with Crippen LogP contribution in [0.1, 0.15) is 38.1 Å². The second-order valence-electron chi connectivity index (χ2n) is 5.55. The Kier molecular flexibility index (Phi) is 4.75. The summed E-state index contributed by atoms with van der Waals surface area (Å²) in [5.74, 6) is 1.25. The number of aromatic nitrogens is 2. The highest BCUT2D eigenvalue weighted by Crippen LogP contribution is 2.16. The van der Waals surface area contributed by atoms with Gasteiger partial charge in [0.1, 0.15) is 5.82 Å². The smallest absolute Gasteiger partial charge is 0.240 e. The van der Waals surface area contributed by atoms with E-state index >= 15 is 0 Å². The number of anilines is 1. The van der Waals surface area contributed by atoms with Crippen molar-refractivity contribution in [2.24, 2.45) is 5.73 Å². The molecular formula is C16H22N4O. The van der Waals surface area contributed by atoms with E-state index in [1.807, 2.05) is 36.7 Å². The largest absolute Gasteiger partial charge is 0.330 e. The highest BCUT2D eigenvalue weighted by molar-refractivity contribution is 5.94. The maximum Gasteiger partial charge on any atom is 0.240 e. The van der Waals surface area contributed by atoms with Gasteiger partial charge in [-0.2, -0.15) is 0 Å². The SMILES string of the molecule is CC(N)C(=O)Nc1cccc(Cn2ccnc2C(C)C)c1. The van der Waals surface area contributed by atoms with Gasteiger partial charge in [0, 0.05) is 30.5 Å². The van der Waals surface area contributed by atoms with Crippen molar-refractivity contribution in [3.05, 3.63) is 48.0 Å². The van der Waals surface area contributed by atoms with Gasteiger partial charge in [-0.25, -0.2) is 4.98 Å². The summed E-state index contributed by atoms with van der Waals surface area (Å²) in [5.41, 5.74) is 7.43. The van der Waals surface area contributed by atoms with Crippen molar-refractivity contribution < 1.29 is 4.79 Å². The molecule has 2 rings (SSSR count). The van der Waals surface area contributed by atoms with Gasteiger partial charge in [0.15, 0.2) is 0 Å². The van der Waals surface area contributed by atoms with Gasteiger partial charge in [-0.15, -0.1) is 0 Å². The second kappa shape index (κ2) is 6.54. The average molecular weight is 286 g/mol. The van der Waals surface area contributed by atoms with Gasteiger partial charge < -0.3 is 15.6 Å². The van der Waals surface area contributed by atoms with E-state index < -0.39 is 6.04 Å². The lowest BCUT2D eigenvalue weighted by Gasteiger charge is -2.12. The predicted octanol–water partition coefficient (Wildman–Crippen LogP) is 2.34. The highest BCUT2D eigenvalue weighted by atomic mass is 16.2. The van der Waals surface area contributed by atoms with E-state index in [9.17, 15) is 4.79 Å². The standard InChI is InChI=1S/C16H22N4O/c1-11(2)15-18-7-8-20(15)10-13-5-4-6-14(9-13)19-16(21)12(3)17/h4-9,11-12H,10,17H2,1-3H3,(H,19,21). The third-order valence-corrected chi connectivity index (χ3v) is 3.23. The fourth-order valence-electron chi connectivity index (χ4n) is 2.16. The molecule has 2 aromatic rings. The number of imidazole rings is 1. The third-order valence-electron chi connectivity index (χ3n) is 3.23. The number of benzene rings is 1. The van der Waals surface area contributed by atoms with Crippen molar-refractivity contribution in [2.75, 3.05) is 5.32 Å². The van der Waals surface area contributed by atoms with E-state index in [4.69, 9.17) is 5.73 Å². The minimum absolute atomic E-state index is 0.183. The summed E-state index contributed by atoms with van der Waals surface area (Å²) in [4.78, 5) is 16.0. The first-order chi connectivity index (χ1) is 9.97. The summed E-state index contributed by atoms with van der Waals surface area (Å²) < 4.78 is 2.12. The molecule has 1 atom stereocenters. The molecule has 1 aromatic carbocycles. The lowest BCUT2D eigenvalue weighted by Crippen LogP contribution is -2.32. The Morgan fingerprint density at radius 2 is 2.14 bits per heavy atom. The Bertz CT molecular complexity index is 616. The molecule has 112 valence electrons. The normalized spacial score (nSPS) is 12.4. The average Bonchev–Trinajstić information content (AvgIpc) is 2.87. The summed E-state index contributed by atoms with van der Waals surface area (Å²) in [6.07, 6.45) is 3.79. The summed E-state index contributed by atoms with van der Waals surface area (Å²) >= 11 is 0. The summed E-state index contributed by atoms with van der Waals surface area (Å²) in [6, 6.07) is 7.27. The van der Waals surface area contributed by atoms with Crippen LogP contribution in [0.2, 0.25) is 0 Å². The Balaban J connectivity index is 2.14. The molecule has 0 aliphatic carbocycles. The Labute approximate surface area is 125 Å². The monoisotopic (exact) mass is 286 g/mol. The molecule has 3 N–H and O–H groups in total. The van der Waals surface area contributed by atoms with Crippen LogP contribution in [-0.2, 0) is 11.3 Å². The van der Waals surface area contributed by atoms with Gasteiger partial charge in [-0.3, -0.25) is 4.79 Å². The number of rotatable bonds is 5. The van der Waals surface area contributed by atoms with Crippen LogP contribution in [0.4, 0.5) is 5.69 Å². The van der Waals surface area contributed by atoms with Gasteiger partial charge in [0.2, 0.25) is 5.91 Å². The van der Waals surface area contributed by atoms with Crippen LogP contribution in [0.25, 0.3) is 0 Å². The van der Waals surface area contributed by atoms with Crippen LogP contribution in [0.5, 0.6) is 0 Å². The van der Waals surface area contributed by atoms with Crippen molar-refractivity contribution in [1.29, 1.82) is 0 Å². The molecule has 1 amide bonds. The van der Waals surface area contributed by atoms with E-state index in [-0.39, 0.29) is 5.91 Å². The lowest BCUT2D eigenvalue weighted by molar-refractivity contribution is -0.117. The maximum absolute atomic E-state index is 11.6. The molecule has 0 aliphatic heterocycles. The lowest BCUT2D eigenvalue weighted by atomic mass is 10.1. The molecule has 1 heterocycles. The Morgan fingerprint density at radius 1 is 1.38 bits per heavy atom. The van der Waals surface area contributed by atoms with Gasteiger partial charge in [0.25, 0.3) is 0 Å². The van der Waals surface area contributed by atoms with Crippen LogP contribution >= 0.6 is 0 Å². The molecule has 1 unspecified atom stereocenters. The minimum atomic E-state index is -0.519. The van der Waals surface area contributed by atoms with Gasteiger partial charge in [-0.05, 0) is 24.6 Å². The molecule has 1 aromatic heterocycles. The van der Waals surface area contributed by atoms with E-state index in [0.717, 1.165) is 23.6 Å². The zero-order valence-corrected chi connectivity index (χ0v) is 12.7. The molecule has 21 heavy (non-hydrogen) atoms. The molecule has 0 saturated heterocycles. The number of carbonyl (C=O) groups is 1. The van der Waals surface area contributed by atoms with Gasteiger partial charge in [0.05, 0.1) is 6.04 Å². The van der Waals surface area contributed by atoms with Crippen molar-refractivity contribution in [2.45, 2.75) is 39.3 Å². The molecular weight excluding hydrogens is 264 g/mol. The Morgan fingerprint density at radius 3 is 2.81 bits per heavy atom. The van der Waals surface area contributed by atoms with Crippen molar-refractivity contribution in [3.63, 3.8) is 0 Å². The number of hydrogen-bond donors (Lipinski definition) is 2. The first-order valence-electron chi connectivity index (χ1n) is 7.13. The number of nitrogens with two attached hydrogens (primary N) is 1. The topological polar surface area (TPSA) is 72.9 Å². The van der Waals surface area contributed by atoms with Crippen LogP contribution in [0.3, 0.4) is 0 Å². The van der Waals surface area contributed by atoms with Crippen molar-refractivity contribution in [3.8, 4) is 0 Å². The number of hydrogen-bond acceptors (Lipinski definition) is 3. The minimum Gasteiger partial charge on any atom is -0.330 e. The van der Waals surface area contributed by atoms with E-state index in [0.29, 0.717) is 5.92 Å². The molecule has 0 bridgehead atoms. The van der Waals surface area contributed by atoms with Crippen molar-refractivity contribution >= 4 is 11.6 Å². The molecule has 0 radical (unpaired) electrons. The zero-order valence-electron chi connectivity index (χ0n) is 12.7. The fraction of sp³-hybridized carbons (Fsp3) is 0.375. The third kappa shape index (κ3) is 3.92.